The van der Waals surface area contributed by atoms with Crippen LogP contribution in [-0.4, -0.2) is 10.9 Å². The normalized spacial score (nSPS) is 10.4. The number of hydrogen-bond acceptors (Lipinski definition) is 3. The van der Waals surface area contributed by atoms with Gasteiger partial charge in [-0.15, -0.1) is 0 Å². The second kappa shape index (κ2) is 7.32. The number of aryl methyl sites for hydroxylation is 1. The molecule has 0 radical (unpaired) electrons. The Bertz CT molecular complexity index is 896. The van der Waals surface area contributed by atoms with Crippen molar-refractivity contribution in [3.05, 3.63) is 82.9 Å². The van der Waals surface area contributed by atoms with Gasteiger partial charge in [0.05, 0.1) is 11.3 Å². The van der Waals surface area contributed by atoms with Crippen LogP contribution < -0.4 is 10.1 Å². The minimum absolute atomic E-state index is 0.225. The summed E-state index contributed by atoms with van der Waals surface area (Å²) in [4.78, 5) is 15.8. The quantitative estimate of drug-likeness (QED) is 0.651. The Balaban J connectivity index is 1.84. The number of benzene rings is 2. The molecule has 1 amide bonds. The van der Waals surface area contributed by atoms with Crippen LogP contribution in [0.5, 0.6) is 11.5 Å². The third kappa shape index (κ3) is 4.33. The number of nitrogens with one attached hydrogen (secondary N) is 1. The van der Waals surface area contributed by atoms with Crippen LogP contribution in [0.4, 0.5) is 10.1 Å². The molecule has 0 spiro atoms. The number of hydrogen-bond donors (Lipinski definition) is 1. The van der Waals surface area contributed by atoms with Gasteiger partial charge < -0.3 is 10.1 Å². The van der Waals surface area contributed by atoms with E-state index < -0.39 is 11.9 Å². The van der Waals surface area contributed by atoms with E-state index in [1.807, 2.05) is 31.2 Å². The summed E-state index contributed by atoms with van der Waals surface area (Å²) in [7, 11) is 0. The van der Waals surface area contributed by atoms with E-state index in [4.69, 9.17) is 16.3 Å². The first-order chi connectivity index (χ1) is 12.0. The maximum absolute atomic E-state index is 12.9. The second-order valence-corrected chi connectivity index (χ2v) is 5.82. The minimum Gasteiger partial charge on any atom is -0.455 e. The predicted molar refractivity (Wildman–Crippen MR) is 94.9 cm³/mol. The zero-order valence-electron chi connectivity index (χ0n) is 13.3. The lowest BCUT2D eigenvalue weighted by atomic mass is 10.2. The van der Waals surface area contributed by atoms with Crippen LogP contribution in [0.3, 0.4) is 0 Å². The summed E-state index contributed by atoms with van der Waals surface area (Å²) in [6, 6.07) is 14.9. The molecule has 4 nitrogen and oxygen atoms in total. The minimum atomic E-state index is -0.650. The molecular weight excluding hydrogens is 343 g/mol. The summed E-state index contributed by atoms with van der Waals surface area (Å²) in [5, 5.41) is 3.16. The number of rotatable bonds is 4. The Labute approximate surface area is 149 Å². The number of amides is 1. The lowest BCUT2D eigenvalue weighted by molar-refractivity contribution is 0.102. The lowest BCUT2D eigenvalue weighted by Crippen LogP contribution is -2.13. The number of carbonyl (C=O) groups is 1. The van der Waals surface area contributed by atoms with Crippen molar-refractivity contribution >= 4 is 23.2 Å². The molecule has 0 saturated heterocycles. The Morgan fingerprint density at radius 1 is 1.12 bits per heavy atom. The number of ether oxygens (including phenoxy) is 1. The average molecular weight is 357 g/mol. The van der Waals surface area contributed by atoms with Crippen molar-refractivity contribution in [1.82, 2.24) is 4.98 Å². The molecule has 0 fully saturated rings. The number of nitrogens with zero attached hydrogens (tertiary/aromatic N) is 1. The van der Waals surface area contributed by atoms with Crippen molar-refractivity contribution in [2.75, 3.05) is 5.32 Å². The monoisotopic (exact) mass is 356 g/mol. The van der Waals surface area contributed by atoms with Gasteiger partial charge in [-0.2, -0.15) is 4.39 Å². The maximum atomic E-state index is 12.9. The smallest absolute Gasteiger partial charge is 0.257 e. The first kappa shape index (κ1) is 16.9. The lowest BCUT2D eigenvalue weighted by Gasteiger charge is -2.13. The van der Waals surface area contributed by atoms with Gasteiger partial charge in [0.25, 0.3) is 5.91 Å². The molecule has 2 aromatic carbocycles. The standard InChI is InChI=1S/C19H14ClFN2O2/c1-12-2-6-15(7-3-12)25-17-8-5-14(20)10-16(17)23-19(24)13-4-9-18(21)22-11-13/h2-11H,1H3,(H,23,24). The van der Waals surface area contributed by atoms with Crippen molar-refractivity contribution in [2.24, 2.45) is 0 Å². The zero-order valence-corrected chi connectivity index (χ0v) is 14.0. The van der Waals surface area contributed by atoms with E-state index in [9.17, 15) is 9.18 Å². The highest BCUT2D eigenvalue weighted by molar-refractivity contribution is 6.31. The van der Waals surface area contributed by atoms with E-state index in [0.29, 0.717) is 22.2 Å². The number of anilines is 1. The van der Waals surface area contributed by atoms with Crippen LogP contribution in [0.25, 0.3) is 0 Å². The molecule has 0 unspecified atom stereocenters. The molecule has 0 bridgehead atoms. The first-order valence-corrected chi connectivity index (χ1v) is 7.86. The van der Waals surface area contributed by atoms with Crippen LogP contribution in [-0.2, 0) is 0 Å². The molecule has 25 heavy (non-hydrogen) atoms. The number of aromatic nitrogens is 1. The van der Waals surface area contributed by atoms with Crippen LogP contribution in [0.1, 0.15) is 15.9 Å². The number of pyridine rings is 1. The van der Waals surface area contributed by atoms with Gasteiger partial charge in [-0.05, 0) is 49.4 Å². The summed E-state index contributed by atoms with van der Waals surface area (Å²) < 4.78 is 18.7. The van der Waals surface area contributed by atoms with E-state index in [2.05, 4.69) is 10.3 Å². The van der Waals surface area contributed by atoms with E-state index in [1.54, 1.807) is 18.2 Å². The molecule has 0 atom stereocenters. The second-order valence-electron chi connectivity index (χ2n) is 5.38. The Morgan fingerprint density at radius 3 is 2.56 bits per heavy atom. The topological polar surface area (TPSA) is 51.2 Å². The van der Waals surface area contributed by atoms with Gasteiger partial charge in [0, 0.05) is 11.2 Å². The first-order valence-electron chi connectivity index (χ1n) is 7.48. The van der Waals surface area contributed by atoms with Gasteiger partial charge in [-0.1, -0.05) is 29.3 Å². The van der Waals surface area contributed by atoms with Crippen LogP contribution in [0.2, 0.25) is 5.02 Å². The molecule has 0 aliphatic heterocycles. The van der Waals surface area contributed by atoms with E-state index in [1.165, 1.54) is 6.07 Å². The number of halogens is 2. The molecule has 0 aliphatic rings. The fourth-order valence-corrected chi connectivity index (χ4v) is 2.30. The SMILES string of the molecule is Cc1ccc(Oc2ccc(Cl)cc2NC(=O)c2ccc(F)nc2)cc1. The molecule has 3 aromatic rings. The average Bonchev–Trinajstić information content (AvgIpc) is 2.59. The summed E-state index contributed by atoms with van der Waals surface area (Å²) in [6.45, 7) is 1.98. The zero-order chi connectivity index (χ0) is 17.8. The Morgan fingerprint density at radius 2 is 1.88 bits per heavy atom. The summed E-state index contributed by atoms with van der Waals surface area (Å²) in [5.74, 6) is -0.0187. The van der Waals surface area contributed by atoms with Crippen molar-refractivity contribution in [3.63, 3.8) is 0 Å². The largest absolute Gasteiger partial charge is 0.455 e. The van der Waals surface area contributed by atoms with Gasteiger partial charge in [0.1, 0.15) is 5.75 Å². The maximum Gasteiger partial charge on any atom is 0.257 e. The third-order valence-electron chi connectivity index (χ3n) is 3.43. The predicted octanol–water partition coefficient (Wildman–Crippen LogP) is 5.23. The molecule has 0 aliphatic carbocycles. The van der Waals surface area contributed by atoms with Crippen molar-refractivity contribution in [2.45, 2.75) is 6.92 Å². The van der Waals surface area contributed by atoms with Gasteiger partial charge in [0.2, 0.25) is 5.95 Å². The molecular formula is C19H14ClFN2O2. The highest BCUT2D eigenvalue weighted by Gasteiger charge is 2.12. The molecule has 1 N–H and O–H groups in total. The van der Waals surface area contributed by atoms with Crippen LogP contribution in [0, 0.1) is 12.9 Å². The molecule has 6 heteroatoms. The number of carbonyl (C=O) groups excluding carboxylic acids is 1. The molecule has 126 valence electrons. The van der Waals surface area contributed by atoms with Crippen LogP contribution >= 0.6 is 11.6 Å². The van der Waals surface area contributed by atoms with E-state index in [0.717, 1.165) is 17.8 Å². The van der Waals surface area contributed by atoms with Gasteiger partial charge >= 0.3 is 0 Å². The highest BCUT2D eigenvalue weighted by atomic mass is 35.5. The Kier molecular flexibility index (Phi) is 4.95. The fourth-order valence-electron chi connectivity index (χ4n) is 2.13. The summed E-state index contributed by atoms with van der Waals surface area (Å²) in [5.41, 5.74) is 1.74. The molecule has 1 heterocycles. The van der Waals surface area contributed by atoms with Crippen molar-refractivity contribution in [3.8, 4) is 11.5 Å². The van der Waals surface area contributed by atoms with Gasteiger partial charge in [0.15, 0.2) is 5.75 Å². The van der Waals surface area contributed by atoms with E-state index >= 15 is 0 Å². The van der Waals surface area contributed by atoms with Crippen molar-refractivity contribution in [1.29, 1.82) is 0 Å². The van der Waals surface area contributed by atoms with Gasteiger partial charge in [-0.3, -0.25) is 4.79 Å². The summed E-state index contributed by atoms with van der Waals surface area (Å²) >= 11 is 6.02. The van der Waals surface area contributed by atoms with E-state index in [-0.39, 0.29) is 5.56 Å². The van der Waals surface area contributed by atoms with Crippen LogP contribution in [0.15, 0.2) is 60.8 Å². The molecule has 3 rings (SSSR count). The van der Waals surface area contributed by atoms with Crippen molar-refractivity contribution < 1.29 is 13.9 Å². The molecule has 0 saturated carbocycles. The molecule has 1 aromatic heterocycles. The third-order valence-corrected chi connectivity index (χ3v) is 3.66. The van der Waals surface area contributed by atoms with Gasteiger partial charge in [-0.25, -0.2) is 4.98 Å². The Hall–Kier alpha value is -2.92. The highest BCUT2D eigenvalue weighted by Crippen LogP contribution is 2.32. The summed E-state index contributed by atoms with van der Waals surface area (Å²) in [6.07, 6.45) is 1.16. The fraction of sp³-hybridized carbons (Fsp3) is 0.0526.